The normalized spacial score (nSPS) is 11.3. The molecule has 0 heterocycles. The lowest BCUT2D eigenvalue weighted by Crippen LogP contribution is -2.07. The summed E-state index contributed by atoms with van der Waals surface area (Å²) in [7, 11) is 0. The minimum Gasteiger partial charge on any atom is -0.462 e. The molecule has 1 aromatic rings. The van der Waals surface area contributed by atoms with Crippen molar-refractivity contribution in [3.05, 3.63) is 29.8 Å². The van der Waals surface area contributed by atoms with Gasteiger partial charge in [0, 0.05) is 5.69 Å². The number of nitrogen functional groups attached to an aromatic ring is 1. The van der Waals surface area contributed by atoms with Crippen LogP contribution >= 0.6 is 0 Å². The van der Waals surface area contributed by atoms with Gasteiger partial charge in [-0.05, 0) is 42.5 Å². The van der Waals surface area contributed by atoms with Crippen molar-refractivity contribution in [1.82, 2.24) is 0 Å². The molecule has 1 rings (SSSR count). The molecule has 0 unspecified atom stereocenters. The molecule has 0 aromatic heterocycles. The maximum atomic E-state index is 11.7. The number of benzene rings is 1. The van der Waals surface area contributed by atoms with Gasteiger partial charge in [0.05, 0.1) is 12.2 Å². The van der Waals surface area contributed by atoms with Crippen LogP contribution in [0, 0.1) is 5.41 Å². The third kappa shape index (κ3) is 6.85. The van der Waals surface area contributed by atoms with Crippen molar-refractivity contribution in [1.29, 1.82) is 0 Å². The highest BCUT2D eigenvalue weighted by Crippen LogP contribution is 2.21. The Morgan fingerprint density at radius 2 is 1.74 bits per heavy atom. The maximum Gasteiger partial charge on any atom is 0.338 e. The molecule has 19 heavy (non-hydrogen) atoms. The second kappa shape index (κ2) is 7.17. The largest absolute Gasteiger partial charge is 0.462 e. The molecular weight excluding hydrogens is 238 g/mol. The van der Waals surface area contributed by atoms with Crippen LogP contribution in [0.5, 0.6) is 0 Å². The summed E-state index contributed by atoms with van der Waals surface area (Å²) in [5.74, 6) is -0.268. The predicted molar refractivity (Wildman–Crippen MR) is 79.1 cm³/mol. The van der Waals surface area contributed by atoms with E-state index in [0.29, 0.717) is 23.3 Å². The number of hydrogen-bond acceptors (Lipinski definition) is 3. The van der Waals surface area contributed by atoms with Crippen LogP contribution in [0.3, 0.4) is 0 Å². The maximum absolute atomic E-state index is 11.7. The summed E-state index contributed by atoms with van der Waals surface area (Å²) in [4.78, 5) is 11.7. The number of carbonyl (C=O) groups excluding carboxylic acids is 1. The predicted octanol–water partition coefficient (Wildman–Crippen LogP) is 4.03. The van der Waals surface area contributed by atoms with Gasteiger partial charge >= 0.3 is 5.97 Å². The van der Waals surface area contributed by atoms with E-state index in [2.05, 4.69) is 20.8 Å². The van der Waals surface area contributed by atoms with Crippen molar-refractivity contribution in [3.8, 4) is 0 Å². The molecule has 0 aliphatic rings. The van der Waals surface area contributed by atoms with Crippen LogP contribution in [-0.2, 0) is 4.74 Å². The standard InChI is InChI=1S/C16H25NO2/c1-16(2,3)11-5-4-6-12-19-15(18)13-7-9-14(17)10-8-13/h7-10H,4-6,11-12,17H2,1-3H3. The summed E-state index contributed by atoms with van der Waals surface area (Å²) < 4.78 is 5.22. The van der Waals surface area contributed by atoms with Crippen LogP contribution in [-0.4, -0.2) is 12.6 Å². The summed E-state index contributed by atoms with van der Waals surface area (Å²) in [6.07, 6.45) is 4.42. The van der Waals surface area contributed by atoms with Crippen LogP contribution in [0.4, 0.5) is 5.69 Å². The summed E-state index contributed by atoms with van der Waals surface area (Å²) in [5, 5.41) is 0. The van der Waals surface area contributed by atoms with Gasteiger partial charge in [-0.2, -0.15) is 0 Å². The van der Waals surface area contributed by atoms with Crippen LogP contribution in [0.2, 0.25) is 0 Å². The monoisotopic (exact) mass is 263 g/mol. The van der Waals surface area contributed by atoms with E-state index in [-0.39, 0.29) is 5.97 Å². The molecule has 3 nitrogen and oxygen atoms in total. The van der Waals surface area contributed by atoms with Crippen LogP contribution in [0.25, 0.3) is 0 Å². The van der Waals surface area contributed by atoms with Crippen molar-refractivity contribution < 1.29 is 9.53 Å². The molecule has 0 saturated heterocycles. The third-order valence-electron chi connectivity index (χ3n) is 2.95. The average molecular weight is 263 g/mol. The van der Waals surface area contributed by atoms with Gasteiger partial charge in [0.25, 0.3) is 0 Å². The molecule has 0 atom stereocenters. The highest BCUT2D eigenvalue weighted by Gasteiger charge is 2.09. The molecule has 2 N–H and O–H groups in total. The van der Waals surface area contributed by atoms with Crippen molar-refractivity contribution >= 4 is 11.7 Å². The number of ether oxygens (including phenoxy) is 1. The first-order chi connectivity index (χ1) is 8.88. The molecule has 3 heteroatoms. The Bertz CT molecular complexity index is 390. The van der Waals surface area contributed by atoms with E-state index in [1.165, 1.54) is 12.8 Å². The van der Waals surface area contributed by atoms with Crippen molar-refractivity contribution in [2.45, 2.75) is 46.5 Å². The fourth-order valence-electron chi connectivity index (χ4n) is 1.80. The third-order valence-corrected chi connectivity index (χ3v) is 2.95. The van der Waals surface area contributed by atoms with Crippen molar-refractivity contribution in [3.63, 3.8) is 0 Å². The van der Waals surface area contributed by atoms with Gasteiger partial charge < -0.3 is 10.5 Å². The Kier molecular flexibility index (Phi) is 5.87. The van der Waals surface area contributed by atoms with E-state index >= 15 is 0 Å². The zero-order valence-corrected chi connectivity index (χ0v) is 12.2. The van der Waals surface area contributed by atoms with E-state index in [4.69, 9.17) is 10.5 Å². The Labute approximate surface area is 116 Å². The molecule has 0 fully saturated rings. The number of unbranched alkanes of at least 4 members (excludes halogenated alkanes) is 2. The quantitative estimate of drug-likeness (QED) is 0.479. The van der Waals surface area contributed by atoms with E-state index in [1.54, 1.807) is 24.3 Å². The highest BCUT2D eigenvalue weighted by molar-refractivity contribution is 5.89. The molecule has 0 amide bonds. The second-order valence-corrected chi connectivity index (χ2v) is 6.13. The fourth-order valence-corrected chi connectivity index (χ4v) is 1.80. The molecule has 106 valence electrons. The number of esters is 1. The number of anilines is 1. The summed E-state index contributed by atoms with van der Waals surface area (Å²) in [5.41, 5.74) is 7.17. The topological polar surface area (TPSA) is 52.3 Å². The first-order valence-corrected chi connectivity index (χ1v) is 6.91. The number of nitrogens with two attached hydrogens (primary N) is 1. The molecule has 0 bridgehead atoms. The Balaban J connectivity index is 2.16. The number of carbonyl (C=O) groups is 1. The highest BCUT2D eigenvalue weighted by atomic mass is 16.5. The lowest BCUT2D eigenvalue weighted by atomic mass is 9.89. The second-order valence-electron chi connectivity index (χ2n) is 6.13. The fraction of sp³-hybridized carbons (Fsp3) is 0.562. The minimum atomic E-state index is -0.268. The zero-order valence-electron chi connectivity index (χ0n) is 12.2. The lowest BCUT2D eigenvalue weighted by molar-refractivity contribution is 0.0497. The van der Waals surface area contributed by atoms with E-state index in [9.17, 15) is 4.79 Å². The minimum absolute atomic E-state index is 0.268. The molecule has 0 aliphatic carbocycles. The molecule has 0 aliphatic heterocycles. The van der Waals surface area contributed by atoms with Crippen LogP contribution in [0.15, 0.2) is 24.3 Å². The van der Waals surface area contributed by atoms with Gasteiger partial charge in [0.2, 0.25) is 0 Å². The Hall–Kier alpha value is -1.51. The van der Waals surface area contributed by atoms with Crippen molar-refractivity contribution in [2.24, 2.45) is 5.41 Å². The number of hydrogen-bond donors (Lipinski definition) is 1. The van der Waals surface area contributed by atoms with Crippen LogP contribution in [0.1, 0.15) is 56.8 Å². The van der Waals surface area contributed by atoms with Gasteiger partial charge in [-0.3, -0.25) is 0 Å². The van der Waals surface area contributed by atoms with E-state index < -0.39 is 0 Å². The molecular formula is C16H25NO2. The zero-order chi connectivity index (χ0) is 14.3. The summed E-state index contributed by atoms with van der Waals surface area (Å²) in [6.45, 7) is 7.23. The van der Waals surface area contributed by atoms with Gasteiger partial charge in [-0.1, -0.05) is 33.6 Å². The average Bonchev–Trinajstić information content (AvgIpc) is 2.33. The van der Waals surface area contributed by atoms with Crippen molar-refractivity contribution in [2.75, 3.05) is 12.3 Å². The SMILES string of the molecule is CC(C)(C)CCCCCOC(=O)c1ccc(N)cc1. The van der Waals surface area contributed by atoms with Gasteiger partial charge in [0.15, 0.2) is 0 Å². The molecule has 0 spiro atoms. The first kappa shape index (κ1) is 15.5. The summed E-state index contributed by atoms with van der Waals surface area (Å²) >= 11 is 0. The molecule has 0 saturated carbocycles. The Morgan fingerprint density at radius 3 is 2.32 bits per heavy atom. The van der Waals surface area contributed by atoms with E-state index in [0.717, 1.165) is 12.8 Å². The van der Waals surface area contributed by atoms with E-state index in [1.807, 2.05) is 0 Å². The summed E-state index contributed by atoms with van der Waals surface area (Å²) in [6, 6.07) is 6.80. The lowest BCUT2D eigenvalue weighted by Gasteiger charge is -2.17. The Morgan fingerprint density at radius 1 is 1.11 bits per heavy atom. The van der Waals surface area contributed by atoms with Gasteiger partial charge in [0.1, 0.15) is 0 Å². The smallest absolute Gasteiger partial charge is 0.338 e. The van der Waals surface area contributed by atoms with Gasteiger partial charge in [-0.15, -0.1) is 0 Å². The first-order valence-electron chi connectivity index (χ1n) is 6.91. The van der Waals surface area contributed by atoms with Crippen LogP contribution < -0.4 is 5.73 Å². The van der Waals surface area contributed by atoms with Gasteiger partial charge in [-0.25, -0.2) is 4.79 Å². The molecule has 0 radical (unpaired) electrons. The molecule has 1 aromatic carbocycles. The number of rotatable bonds is 6.